The Labute approximate surface area is 90.0 Å². The molecule has 0 saturated heterocycles. The molecular weight excluding hydrogens is 192 g/mol. The van der Waals surface area contributed by atoms with Crippen LogP contribution in [0.15, 0.2) is 18.3 Å². The first-order chi connectivity index (χ1) is 7.11. The zero-order valence-corrected chi connectivity index (χ0v) is 9.20. The summed E-state index contributed by atoms with van der Waals surface area (Å²) in [7, 11) is 0. The smallest absolute Gasteiger partial charge is 0.0633 e. The Morgan fingerprint density at radius 3 is 2.60 bits per heavy atom. The van der Waals surface area contributed by atoms with Crippen LogP contribution < -0.4 is 5.32 Å². The first kappa shape index (κ1) is 12.1. The summed E-state index contributed by atoms with van der Waals surface area (Å²) in [4.78, 5) is 4.22. The molecule has 0 aromatic carbocycles. The summed E-state index contributed by atoms with van der Waals surface area (Å²) in [6, 6.07) is 3.87. The maximum absolute atomic E-state index is 9.09. The van der Waals surface area contributed by atoms with E-state index in [9.17, 15) is 0 Å². The third-order valence-corrected chi connectivity index (χ3v) is 2.50. The second-order valence-corrected chi connectivity index (χ2v) is 4.00. The van der Waals surface area contributed by atoms with Crippen LogP contribution in [0.4, 0.5) is 0 Å². The second kappa shape index (κ2) is 5.21. The van der Waals surface area contributed by atoms with Crippen LogP contribution in [0.1, 0.15) is 18.2 Å². The van der Waals surface area contributed by atoms with Crippen molar-refractivity contribution in [2.24, 2.45) is 0 Å². The molecule has 84 valence electrons. The summed E-state index contributed by atoms with van der Waals surface area (Å²) in [5.74, 6) is 0. The summed E-state index contributed by atoms with van der Waals surface area (Å²) in [5, 5.41) is 21.3. The van der Waals surface area contributed by atoms with Crippen molar-refractivity contribution >= 4 is 0 Å². The zero-order valence-electron chi connectivity index (χ0n) is 9.20. The summed E-state index contributed by atoms with van der Waals surface area (Å²) >= 11 is 0. The van der Waals surface area contributed by atoms with Crippen LogP contribution in [0.2, 0.25) is 0 Å². The standard InChI is InChI=1S/C11H18N2O2/c1-9-4-3-5-12-10(9)6-13-11(2,7-14)8-15/h3-5,13-15H,6-8H2,1-2H3. The van der Waals surface area contributed by atoms with Crippen molar-refractivity contribution in [1.82, 2.24) is 10.3 Å². The van der Waals surface area contributed by atoms with E-state index in [1.165, 1.54) is 0 Å². The molecule has 0 bridgehead atoms. The maximum Gasteiger partial charge on any atom is 0.0633 e. The molecule has 1 aromatic rings. The van der Waals surface area contributed by atoms with Crippen molar-refractivity contribution in [3.05, 3.63) is 29.6 Å². The molecular formula is C11H18N2O2. The molecule has 0 amide bonds. The monoisotopic (exact) mass is 210 g/mol. The van der Waals surface area contributed by atoms with Crippen LogP contribution in [-0.4, -0.2) is 33.9 Å². The quantitative estimate of drug-likeness (QED) is 0.650. The van der Waals surface area contributed by atoms with E-state index in [1.54, 1.807) is 13.1 Å². The first-order valence-corrected chi connectivity index (χ1v) is 4.98. The van der Waals surface area contributed by atoms with Crippen molar-refractivity contribution in [3.8, 4) is 0 Å². The molecule has 1 rings (SSSR count). The summed E-state index contributed by atoms with van der Waals surface area (Å²) < 4.78 is 0. The van der Waals surface area contributed by atoms with Gasteiger partial charge < -0.3 is 15.5 Å². The molecule has 1 aromatic heterocycles. The zero-order chi connectivity index (χ0) is 11.3. The first-order valence-electron chi connectivity index (χ1n) is 4.98. The SMILES string of the molecule is Cc1cccnc1CNC(C)(CO)CO. The minimum absolute atomic E-state index is 0.102. The molecule has 0 saturated carbocycles. The van der Waals surface area contributed by atoms with Crippen molar-refractivity contribution in [2.75, 3.05) is 13.2 Å². The number of nitrogens with one attached hydrogen (secondary N) is 1. The predicted octanol–water partition coefficient (Wildman–Crippen LogP) is 0.223. The van der Waals surface area contributed by atoms with E-state index in [4.69, 9.17) is 10.2 Å². The van der Waals surface area contributed by atoms with E-state index in [0.29, 0.717) is 6.54 Å². The van der Waals surface area contributed by atoms with Crippen molar-refractivity contribution in [1.29, 1.82) is 0 Å². The number of aryl methyl sites for hydroxylation is 1. The highest BCUT2D eigenvalue weighted by molar-refractivity contribution is 5.17. The number of pyridine rings is 1. The van der Waals surface area contributed by atoms with Crippen LogP contribution in [0, 0.1) is 6.92 Å². The predicted molar refractivity (Wildman–Crippen MR) is 58.4 cm³/mol. The van der Waals surface area contributed by atoms with Gasteiger partial charge in [0.25, 0.3) is 0 Å². The average molecular weight is 210 g/mol. The van der Waals surface area contributed by atoms with Gasteiger partial charge in [-0.25, -0.2) is 0 Å². The van der Waals surface area contributed by atoms with Gasteiger partial charge in [-0.05, 0) is 25.5 Å². The van der Waals surface area contributed by atoms with Gasteiger partial charge in [-0.3, -0.25) is 4.98 Å². The lowest BCUT2D eigenvalue weighted by Gasteiger charge is -2.26. The van der Waals surface area contributed by atoms with E-state index in [-0.39, 0.29) is 13.2 Å². The highest BCUT2D eigenvalue weighted by Crippen LogP contribution is 2.06. The number of rotatable bonds is 5. The molecule has 0 unspecified atom stereocenters. The lowest BCUT2D eigenvalue weighted by molar-refractivity contribution is 0.103. The van der Waals surface area contributed by atoms with Crippen LogP contribution >= 0.6 is 0 Å². The van der Waals surface area contributed by atoms with E-state index in [2.05, 4.69) is 10.3 Å². The summed E-state index contributed by atoms with van der Waals surface area (Å²) in [6.45, 7) is 4.10. The van der Waals surface area contributed by atoms with Gasteiger partial charge in [-0.15, -0.1) is 0 Å². The molecule has 1 heterocycles. The molecule has 0 fully saturated rings. The van der Waals surface area contributed by atoms with Gasteiger partial charge >= 0.3 is 0 Å². The van der Waals surface area contributed by atoms with Crippen LogP contribution in [0.3, 0.4) is 0 Å². The minimum Gasteiger partial charge on any atom is -0.394 e. The molecule has 0 radical (unpaired) electrons. The van der Waals surface area contributed by atoms with Crippen LogP contribution in [0.5, 0.6) is 0 Å². The molecule has 4 heteroatoms. The lowest BCUT2D eigenvalue weighted by Crippen LogP contribution is -2.48. The normalized spacial score (nSPS) is 11.7. The second-order valence-electron chi connectivity index (χ2n) is 4.00. The molecule has 4 nitrogen and oxygen atoms in total. The average Bonchev–Trinajstić information content (AvgIpc) is 2.28. The van der Waals surface area contributed by atoms with E-state index in [0.717, 1.165) is 11.3 Å². The number of hydrogen-bond acceptors (Lipinski definition) is 4. The number of aliphatic hydroxyl groups excluding tert-OH is 2. The van der Waals surface area contributed by atoms with Crippen molar-refractivity contribution < 1.29 is 10.2 Å². The van der Waals surface area contributed by atoms with Gasteiger partial charge in [0.05, 0.1) is 24.4 Å². The Morgan fingerprint density at radius 2 is 2.07 bits per heavy atom. The third kappa shape index (κ3) is 3.27. The fourth-order valence-electron chi connectivity index (χ4n) is 1.16. The fourth-order valence-corrected chi connectivity index (χ4v) is 1.16. The molecule has 0 aliphatic carbocycles. The van der Waals surface area contributed by atoms with Gasteiger partial charge in [0.15, 0.2) is 0 Å². The molecule has 0 aliphatic heterocycles. The number of aromatic nitrogens is 1. The summed E-state index contributed by atoms with van der Waals surface area (Å²) in [5.41, 5.74) is 1.39. The van der Waals surface area contributed by atoms with E-state index in [1.807, 2.05) is 19.1 Å². The van der Waals surface area contributed by atoms with Gasteiger partial charge in [-0.2, -0.15) is 0 Å². The molecule has 0 atom stereocenters. The Balaban J connectivity index is 2.61. The lowest BCUT2D eigenvalue weighted by atomic mass is 10.1. The van der Waals surface area contributed by atoms with E-state index < -0.39 is 5.54 Å². The number of hydrogen-bond donors (Lipinski definition) is 3. The summed E-state index contributed by atoms with van der Waals surface area (Å²) in [6.07, 6.45) is 1.74. The van der Waals surface area contributed by atoms with Gasteiger partial charge in [0, 0.05) is 12.7 Å². The largest absolute Gasteiger partial charge is 0.394 e. The number of aliphatic hydroxyl groups is 2. The fraction of sp³-hybridized carbons (Fsp3) is 0.545. The van der Waals surface area contributed by atoms with E-state index >= 15 is 0 Å². The molecule has 0 spiro atoms. The van der Waals surface area contributed by atoms with Crippen LogP contribution in [0.25, 0.3) is 0 Å². The van der Waals surface area contributed by atoms with Gasteiger partial charge in [-0.1, -0.05) is 6.07 Å². The van der Waals surface area contributed by atoms with Crippen molar-refractivity contribution in [3.63, 3.8) is 0 Å². The topological polar surface area (TPSA) is 65.4 Å². The highest BCUT2D eigenvalue weighted by atomic mass is 16.3. The Morgan fingerprint density at radius 1 is 1.40 bits per heavy atom. The van der Waals surface area contributed by atoms with Gasteiger partial charge in [0.2, 0.25) is 0 Å². The van der Waals surface area contributed by atoms with Gasteiger partial charge in [0.1, 0.15) is 0 Å². The number of nitrogens with zero attached hydrogens (tertiary/aromatic N) is 1. The van der Waals surface area contributed by atoms with Crippen molar-refractivity contribution in [2.45, 2.75) is 25.9 Å². The minimum atomic E-state index is -0.649. The Bertz CT molecular complexity index is 311. The molecule has 3 N–H and O–H groups in total. The molecule has 0 aliphatic rings. The maximum atomic E-state index is 9.09. The molecule has 15 heavy (non-hydrogen) atoms. The third-order valence-electron chi connectivity index (χ3n) is 2.50. The Kier molecular flexibility index (Phi) is 4.20. The van der Waals surface area contributed by atoms with Crippen LogP contribution in [-0.2, 0) is 6.54 Å². The highest BCUT2D eigenvalue weighted by Gasteiger charge is 2.21. The Hall–Kier alpha value is -0.970.